The normalized spacial score (nSPS) is 16.1. The molecular formula is C12H18N2OS. The zero-order valence-electron chi connectivity index (χ0n) is 9.61. The minimum atomic E-state index is 0.597. The smallest absolute Gasteiger partial charge is 0.101 e. The lowest BCUT2D eigenvalue weighted by Crippen LogP contribution is -2.30. The van der Waals surface area contributed by atoms with Gasteiger partial charge in [-0.25, -0.2) is 4.98 Å². The molecule has 0 radical (unpaired) electrons. The molecule has 0 spiro atoms. The van der Waals surface area contributed by atoms with Crippen LogP contribution in [0.15, 0.2) is 23.4 Å². The minimum absolute atomic E-state index is 0.597. The molecule has 0 amide bonds. The predicted molar refractivity (Wildman–Crippen MR) is 66.7 cm³/mol. The first kappa shape index (κ1) is 11.9. The summed E-state index contributed by atoms with van der Waals surface area (Å²) in [6.07, 6.45) is 3.03. The molecule has 1 N–H and O–H groups in total. The van der Waals surface area contributed by atoms with Crippen LogP contribution in [0.25, 0.3) is 0 Å². The van der Waals surface area contributed by atoms with E-state index in [4.69, 9.17) is 4.74 Å². The zero-order valence-corrected chi connectivity index (χ0v) is 10.4. The maximum atomic E-state index is 5.18. The Hall–Kier alpha value is -0.580. The second kappa shape index (κ2) is 6.23. The highest BCUT2D eigenvalue weighted by molar-refractivity contribution is 8.00. The number of aromatic nitrogens is 1. The van der Waals surface area contributed by atoms with Gasteiger partial charge in [0.1, 0.15) is 5.03 Å². The maximum absolute atomic E-state index is 5.18. The fourth-order valence-corrected chi connectivity index (χ4v) is 2.56. The number of hydrogen-bond donors (Lipinski definition) is 1. The molecule has 1 aromatic heterocycles. The van der Waals surface area contributed by atoms with Gasteiger partial charge < -0.3 is 10.1 Å². The molecule has 0 saturated carbocycles. The summed E-state index contributed by atoms with van der Waals surface area (Å²) in [7, 11) is 0. The van der Waals surface area contributed by atoms with E-state index in [-0.39, 0.29) is 0 Å². The highest BCUT2D eigenvalue weighted by atomic mass is 32.2. The van der Waals surface area contributed by atoms with Crippen molar-refractivity contribution >= 4 is 11.8 Å². The molecule has 2 rings (SSSR count). The van der Waals surface area contributed by atoms with Crippen LogP contribution in [0.1, 0.15) is 18.9 Å². The average molecular weight is 238 g/mol. The Bertz CT molecular complexity index is 329. The Morgan fingerprint density at radius 2 is 2.44 bits per heavy atom. The second-order valence-corrected chi connectivity index (χ2v) is 5.21. The van der Waals surface area contributed by atoms with Crippen LogP contribution < -0.4 is 5.32 Å². The summed E-state index contributed by atoms with van der Waals surface area (Å²) in [5.74, 6) is 0. The van der Waals surface area contributed by atoms with Crippen LogP contribution in [0.5, 0.6) is 0 Å². The van der Waals surface area contributed by atoms with E-state index in [1.807, 2.05) is 24.0 Å². The highest BCUT2D eigenvalue weighted by Crippen LogP contribution is 2.28. The van der Waals surface area contributed by atoms with Crippen LogP contribution in [0, 0.1) is 0 Å². The van der Waals surface area contributed by atoms with Crippen LogP contribution in [-0.2, 0) is 11.3 Å². The molecule has 1 aliphatic heterocycles. The number of thioether (sulfide) groups is 1. The fraction of sp³-hybridized carbons (Fsp3) is 0.583. The van der Waals surface area contributed by atoms with E-state index in [9.17, 15) is 0 Å². The van der Waals surface area contributed by atoms with Crippen molar-refractivity contribution in [1.29, 1.82) is 0 Å². The van der Waals surface area contributed by atoms with Gasteiger partial charge in [0, 0.05) is 12.7 Å². The lowest BCUT2D eigenvalue weighted by atomic mass is 10.3. The number of ether oxygens (including phenoxy) is 1. The number of rotatable bonds is 6. The van der Waals surface area contributed by atoms with E-state index in [0.29, 0.717) is 5.25 Å². The molecule has 1 saturated heterocycles. The summed E-state index contributed by atoms with van der Waals surface area (Å²) < 4.78 is 5.18. The van der Waals surface area contributed by atoms with E-state index >= 15 is 0 Å². The molecule has 0 aliphatic carbocycles. The second-order valence-electron chi connectivity index (χ2n) is 3.92. The van der Waals surface area contributed by atoms with Crippen molar-refractivity contribution in [3.05, 3.63) is 23.9 Å². The first-order valence-electron chi connectivity index (χ1n) is 5.79. The van der Waals surface area contributed by atoms with Crippen molar-refractivity contribution in [3.63, 3.8) is 0 Å². The van der Waals surface area contributed by atoms with Crippen LogP contribution >= 0.6 is 11.8 Å². The molecule has 2 heterocycles. The summed E-state index contributed by atoms with van der Waals surface area (Å²) in [6.45, 7) is 5.88. The minimum Gasteiger partial charge on any atom is -0.379 e. The maximum Gasteiger partial charge on any atom is 0.101 e. The quantitative estimate of drug-likeness (QED) is 0.769. The summed E-state index contributed by atoms with van der Waals surface area (Å²) in [4.78, 5) is 4.45. The standard InChI is InChI=1S/C12H18N2OS/c1-2-5-13-7-10-4-3-6-14-12(10)16-11-8-15-9-11/h3-4,6,11,13H,2,5,7-9H2,1H3. The SMILES string of the molecule is CCCNCc1cccnc1SC1COC1. The van der Waals surface area contributed by atoms with E-state index < -0.39 is 0 Å². The third-order valence-electron chi connectivity index (χ3n) is 2.48. The number of pyridine rings is 1. The molecule has 1 fully saturated rings. The molecule has 4 heteroatoms. The Labute approximate surface area is 101 Å². The fourth-order valence-electron chi connectivity index (χ4n) is 1.50. The van der Waals surface area contributed by atoms with E-state index in [1.54, 1.807) is 0 Å². The lowest BCUT2D eigenvalue weighted by Gasteiger charge is -2.25. The predicted octanol–water partition coefficient (Wildman–Crippen LogP) is 2.07. The van der Waals surface area contributed by atoms with Gasteiger partial charge >= 0.3 is 0 Å². The lowest BCUT2D eigenvalue weighted by molar-refractivity contribution is 0.0454. The van der Waals surface area contributed by atoms with E-state index in [0.717, 1.165) is 31.3 Å². The van der Waals surface area contributed by atoms with Crippen molar-refractivity contribution in [3.8, 4) is 0 Å². The molecular weight excluding hydrogens is 220 g/mol. The Morgan fingerprint density at radius 3 is 3.12 bits per heavy atom. The van der Waals surface area contributed by atoms with Crippen LogP contribution in [0.3, 0.4) is 0 Å². The van der Waals surface area contributed by atoms with E-state index in [2.05, 4.69) is 23.3 Å². The van der Waals surface area contributed by atoms with Crippen molar-refractivity contribution in [1.82, 2.24) is 10.3 Å². The topological polar surface area (TPSA) is 34.2 Å². The van der Waals surface area contributed by atoms with Gasteiger partial charge in [0.05, 0.1) is 18.5 Å². The monoisotopic (exact) mass is 238 g/mol. The van der Waals surface area contributed by atoms with Gasteiger partial charge in [-0.1, -0.05) is 24.8 Å². The van der Waals surface area contributed by atoms with Crippen LogP contribution in [0.4, 0.5) is 0 Å². The molecule has 0 atom stereocenters. The number of nitrogens with zero attached hydrogens (tertiary/aromatic N) is 1. The number of nitrogens with one attached hydrogen (secondary N) is 1. The molecule has 0 bridgehead atoms. The van der Waals surface area contributed by atoms with Gasteiger partial charge in [0.2, 0.25) is 0 Å². The molecule has 1 aromatic rings. The molecule has 16 heavy (non-hydrogen) atoms. The molecule has 1 aliphatic rings. The van der Waals surface area contributed by atoms with Gasteiger partial charge in [-0.2, -0.15) is 0 Å². The van der Waals surface area contributed by atoms with Gasteiger partial charge in [-0.15, -0.1) is 0 Å². The Morgan fingerprint density at radius 1 is 1.56 bits per heavy atom. The molecule has 3 nitrogen and oxygen atoms in total. The van der Waals surface area contributed by atoms with Crippen molar-refractivity contribution in [2.45, 2.75) is 30.2 Å². The third kappa shape index (κ3) is 3.20. The van der Waals surface area contributed by atoms with E-state index in [1.165, 1.54) is 12.0 Å². The van der Waals surface area contributed by atoms with Gasteiger partial charge in [0.15, 0.2) is 0 Å². The van der Waals surface area contributed by atoms with Crippen LogP contribution in [0.2, 0.25) is 0 Å². The first-order chi connectivity index (χ1) is 7.90. The van der Waals surface area contributed by atoms with Crippen molar-refractivity contribution in [2.75, 3.05) is 19.8 Å². The van der Waals surface area contributed by atoms with Crippen LogP contribution in [-0.4, -0.2) is 30.0 Å². The van der Waals surface area contributed by atoms with Gasteiger partial charge in [-0.05, 0) is 24.6 Å². The molecule has 0 unspecified atom stereocenters. The van der Waals surface area contributed by atoms with Crippen molar-refractivity contribution in [2.24, 2.45) is 0 Å². The summed E-state index contributed by atoms with van der Waals surface area (Å²) >= 11 is 1.84. The summed E-state index contributed by atoms with van der Waals surface area (Å²) in [5.41, 5.74) is 1.30. The molecule has 0 aromatic carbocycles. The largest absolute Gasteiger partial charge is 0.379 e. The van der Waals surface area contributed by atoms with Crippen molar-refractivity contribution < 1.29 is 4.74 Å². The Balaban J connectivity index is 1.92. The van der Waals surface area contributed by atoms with Gasteiger partial charge in [0.25, 0.3) is 0 Å². The Kier molecular flexibility index (Phi) is 4.63. The summed E-state index contributed by atoms with van der Waals surface area (Å²) in [6, 6.07) is 4.15. The highest BCUT2D eigenvalue weighted by Gasteiger charge is 2.21. The average Bonchev–Trinajstić information content (AvgIpc) is 2.25. The third-order valence-corrected chi connectivity index (χ3v) is 3.67. The number of hydrogen-bond acceptors (Lipinski definition) is 4. The zero-order chi connectivity index (χ0) is 11.2. The molecule has 88 valence electrons. The first-order valence-corrected chi connectivity index (χ1v) is 6.67. The van der Waals surface area contributed by atoms with Gasteiger partial charge in [-0.3, -0.25) is 0 Å². The summed E-state index contributed by atoms with van der Waals surface area (Å²) in [5, 5.41) is 5.17.